The summed E-state index contributed by atoms with van der Waals surface area (Å²) in [6.07, 6.45) is 1.83. The van der Waals surface area contributed by atoms with Crippen LogP contribution in [-0.2, 0) is 6.42 Å². The average Bonchev–Trinajstić information content (AvgIpc) is 2.72. The van der Waals surface area contributed by atoms with Crippen LogP contribution >= 0.6 is 0 Å². The highest BCUT2D eigenvalue weighted by Crippen LogP contribution is 2.29. The molecule has 0 bridgehead atoms. The van der Waals surface area contributed by atoms with E-state index in [0.29, 0.717) is 0 Å². The lowest BCUT2D eigenvalue weighted by molar-refractivity contribution is 0.318. The number of hydrogen-bond donors (Lipinski definition) is 1. The van der Waals surface area contributed by atoms with Gasteiger partial charge in [0.1, 0.15) is 0 Å². The zero-order chi connectivity index (χ0) is 10.3. The van der Waals surface area contributed by atoms with Crippen LogP contribution in [0.25, 0.3) is 10.8 Å². The molecular weight excluding hydrogens is 186 g/mol. The van der Waals surface area contributed by atoms with E-state index in [-0.39, 0.29) is 0 Å². The fourth-order valence-corrected chi connectivity index (χ4v) is 2.36. The maximum atomic E-state index is 8.87. The molecule has 3 rings (SSSR count). The molecule has 0 unspecified atom stereocenters. The molecule has 0 saturated heterocycles. The third kappa shape index (κ3) is 1.14. The minimum Gasteiger partial charge on any atom is -0.411 e. The second-order valence-corrected chi connectivity index (χ2v) is 3.86. The first-order chi connectivity index (χ1) is 7.40. The molecule has 2 aromatic rings. The first-order valence-electron chi connectivity index (χ1n) is 5.12. The Morgan fingerprint density at radius 1 is 1.00 bits per heavy atom. The second-order valence-electron chi connectivity index (χ2n) is 3.86. The van der Waals surface area contributed by atoms with Crippen molar-refractivity contribution in [2.75, 3.05) is 0 Å². The van der Waals surface area contributed by atoms with Gasteiger partial charge in [-0.3, -0.25) is 0 Å². The summed E-state index contributed by atoms with van der Waals surface area (Å²) in [5.41, 5.74) is 3.24. The van der Waals surface area contributed by atoms with Gasteiger partial charge in [0.05, 0.1) is 5.71 Å². The molecule has 2 heteroatoms. The third-order valence-electron chi connectivity index (χ3n) is 3.08. The number of rotatable bonds is 0. The molecule has 0 amide bonds. The van der Waals surface area contributed by atoms with Crippen molar-refractivity contribution in [3.63, 3.8) is 0 Å². The summed E-state index contributed by atoms with van der Waals surface area (Å²) in [7, 11) is 0. The van der Waals surface area contributed by atoms with Gasteiger partial charge in [-0.25, -0.2) is 0 Å². The van der Waals surface area contributed by atoms with Crippen molar-refractivity contribution in [2.24, 2.45) is 5.16 Å². The topological polar surface area (TPSA) is 32.6 Å². The van der Waals surface area contributed by atoms with Gasteiger partial charge in [-0.15, -0.1) is 0 Å². The Balaban J connectivity index is 2.37. The standard InChI is InChI=1S/C13H11NO/c15-14-13-8-7-11-10-4-2-1-3-9(10)5-6-12(11)13/h1-6,15H,7-8H2. The summed E-state index contributed by atoms with van der Waals surface area (Å²) in [5, 5.41) is 14.8. The van der Waals surface area contributed by atoms with Crippen LogP contribution in [0.1, 0.15) is 17.5 Å². The van der Waals surface area contributed by atoms with Crippen molar-refractivity contribution < 1.29 is 5.21 Å². The fourth-order valence-electron chi connectivity index (χ4n) is 2.36. The SMILES string of the molecule is ON=C1CCc2c1ccc1ccccc21. The van der Waals surface area contributed by atoms with Gasteiger partial charge in [0.25, 0.3) is 0 Å². The molecule has 0 atom stereocenters. The predicted molar refractivity (Wildman–Crippen MR) is 60.6 cm³/mol. The molecule has 15 heavy (non-hydrogen) atoms. The lowest BCUT2D eigenvalue weighted by atomic mass is 10.0. The number of benzene rings is 2. The predicted octanol–water partition coefficient (Wildman–Crippen LogP) is 2.96. The molecule has 2 nitrogen and oxygen atoms in total. The van der Waals surface area contributed by atoms with Crippen LogP contribution in [0.5, 0.6) is 0 Å². The van der Waals surface area contributed by atoms with Gasteiger partial charge in [0, 0.05) is 5.56 Å². The van der Waals surface area contributed by atoms with Gasteiger partial charge >= 0.3 is 0 Å². The summed E-state index contributed by atoms with van der Waals surface area (Å²) >= 11 is 0. The van der Waals surface area contributed by atoms with Crippen LogP contribution in [0.4, 0.5) is 0 Å². The number of nitrogens with zero attached hydrogens (tertiary/aromatic N) is 1. The normalized spacial score (nSPS) is 17.2. The maximum Gasteiger partial charge on any atom is 0.0874 e. The smallest absolute Gasteiger partial charge is 0.0874 e. The van der Waals surface area contributed by atoms with Crippen molar-refractivity contribution in [3.8, 4) is 0 Å². The number of hydrogen-bond acceptors (Lipinski definition) is 2. The fraction of sp³-hybridized carbons (Fsp3) is 0.154. The largest absolute Gasteiger partial charge is 0.411 e. The summed E-state index contributed by atoms with van der Waals surface area (Å²) in [6, 6.07) is 12.5. The lowest BCUT2D eigenvalue weighted by Gasteiger charge is -2.04. The van der Waals surface area contributed by atoms with Gasteiger partial charge in [-0.05, 0) is 29.2 Å². The Morgan fingerprint density at radius 3 is 2.73 bits per heavy atom. The van der Waals surface area contributed by atoms with E-state index in [9.17, 15) is 0 Å². The van der Waals surface area contributed by atoms with Crippen molar-refractivity contribution in [1.82, 2.24) is 0 Å². The third-order valence-corrected chi connectivity index (χ3v) is 3.08. The van der Waals surface area contributed by atoms with E-state index < -0.39 is 0 Å². The van der Waals surface area contributed by atoms with E-state index >= 15 is 0 Å². The molecule has 74 valence electrons. The molecule has 1 N–H and O–H groups in total. The Bertz CT molecular complexity index is 557. The first-order valence-corrected chi connectivity index (χ1v) is 5.12. The van der Waals surface area contributed by atoms with Crippen LogP contribution < -0.4 is 0 Å². The van der Waals surface area contributed by atoms with Crippen molar-refractivity contribution in [2.45, 2.75) is 12.8 Å². The molecule has 0 heterocycles. The van der Waals surface area contributed by atoms with Crippen LogP contribution in [0.15, 0.2) is 41.6 Å². The first kappa shape index (κ1) is 8.48. The Labute approximate surface area is 87.8 Å². The molecule has 0 aromatic heterocycles. The second kappa shape index (κ2) is 3.09. The minimum absolute atomic E-state index is 0.816. The van der Waals surface area contributed by atoms with Gasteiger partial charge < -0.3 is 5.21 Å². The van der Waals surface area contributed by atoms with E-state index in [2.05, 4.69) is 35.5 Å². The highest BCUT2D eigenvalue weighted by atomic mass is 16.4. The molecule has 1 aliphatic carbocycles. The number of oxime groups is 1. The average molecular weight is 197 g/mol. The molecule has 0 aliphatic heterocycles. The van der Waals surface area contributed by atoms with E-state index in [1.165, 1.54) is 16.3 Å². The van der Waals surface area contributed by atoms with E-state index in [1.54, 1.807) is 0 Å². The van der Waals surface area contributed by atoms with Crippen molar-refractivity contribution >= 4 is 16.5 Å². The lowest BCUT2D eigenvalue weighted by Crippen LogP contribution is -1.93. The Kier molecular flexibility index (Phi) is 1.75. The van der Waals surface area contributed by atoms with Crippen molar-refractivity contribution in [1.29, 1.82) is 0 Å². The highest BCUT2D eigenvalue weighted by Gasteiger charge is 2.19. The van der Waals surface area contributed by atoms with Gasteiger partial charge in [-0.2, -0.15) is 0 Å². The van der Waals surface area contributed by atoms with Crippen molar-refractivity contribution in [3.05, 3.63) is 47.5 Å². The van der Waals surface area contributed by atoms with Gasteiger partial charge in [0.15, 0.2) is 0 Å². The molecule has 1 aliphatic rings. The van der Waals surface area contributed by atoms with Gasteiger partial charge in [-0.1, -0.05) is 41.6 Å². The van der Waals surface area contributed by atoms with Crippen LogP contribution in [-0.4, -0.2) is 10.9 Å². The Hall–Kier alpha value is -1.83. The monoisotopic (exact) mass is 197 g/mol. The van der Waals surface area contributed by atoms with Crippen LogP contribution in [0, 0.1) is 0 Å². The maximum absolute atomic E-state index is 8.87. The number of aryl methyl sites for hydroxylation is 1. The summed E-state index contributed by atoms with van der Waals surface area (Å²) in [4.78, 5) is 0. The van der Waals surface area contributed by atoms with Crippen LogP contribution in [0.3, 0.4) is 0 Å². The summed E-state index contributed by atoms with van der Waals surface area (Å²) in [5.74, 6) is 0. The van der Waals surface area contributed by atoms with E-state index in [1.807, 2.05) is 6.07 Å². The molecule has 0 radical (unpaired) electrons. The number of fused-ring (bicyclic) bond motifs is 3. The summed E-state index contributed by atoms with van der Waals surface area (Å²) in [6.45, 7) is 0. The molecule has 2 aromatic carbocycles. The van der Waals surface area contributed by atoms with E-state index in [4.69, 9.17) is 5.21 Å². The molecule has 0 spiro atoms. The molecular formula is C13H11NO. The highest BCUT2D eigenvalue weighted by molar-refractivity contribution is 6.08. The van der Waals surface area contributed by atoms with Crippen LogP contribution in [0.2, 0.25) is 0 Å². The summed E-state index contributed by atoms with van der Waals surface area (Å²) < 4.78 is 0. The molecule has 0 saturated carbocycles. The van der Waals surface area contributed by atoms with Gasteiger partial charge in [0.2, 0.25) is 0 Å². The van der Waals surface area contributed by atoms with E-state index in [0.717, 1.165) is 24.1 Å². The zero-order valence-corrected chi connectivity index (χ0v) is 8.27. The zero-order valence-electron chi connectivity index (χ0n) is 8.27. The quantitative estimate of drug-likeness (QED) is 0.511. The Morgan fingerprint density at radius 2 is 1.87 bits per heavy atom. The minimum atomic E-state index is 0.816. The molecule has 0 fully saturated rings.